The van der Waals surface area contributed by atoms with Gasteiger partial charge in [0.2, 0.25) is 5.91 Å². The fourth-order valence-electron chi connectivity index (χ4n) is 1.21. The Bertz CT molecular complexity index is 151. The highest BCUT2D eigenvalue weighted by Gasteiger charge is 2.50. The van der Waals surface area contributed by atoms with Crippen molar-refractivity contribution < 1.29 is 4.79 Å². The third kappa shape index (κ3) is 1.31. The van der Waals surface area contributed by atoms with Gasteiger partial charge in [-0.25, -0.2) is 0 Å². The van der Waals surface area contributed by atoms with Crippen LogP contribution in [0.3, 0.4) is 0 Å². The molecule has 1 amide bonds. The minimum atomic E-state index is 0.229. The molecule has 58 valence electrons. The van der Waals surface area contributed by atoms with E-state index in [1.807, 2.05) is 6.92 Å². The summed E-state index contributed by atoms with van der Waals surface area (Å²) in [7, 11) is 0. The molecule has 2 heteroatoms. The molecule has 0 aromatic carbocycles. The van der Waals surface area contributed by atoms with Gasteiger partial charge in [-0.2, -0.15) is 0 Å². The number of rotatable bonds is 2. The van der Waals surface area contributed by atoms with E-state index in [2.05, 4.69) is 19.2 Å². The van der Waals surface area contributed by atoms with Crippen LogP contribution in [0.2, 0.25) is 0 Å². The zero-order valence-corrected chi connectivity index (χ0v) is 6.90. The monoisotopic (exact) mass is 141 g/mol. The second-order valence-corrected chi connectivity index (χ2v) is 3.64. The molecule has 0 aromatic rings. The van der Waals surface area contributed by atoms with Gasteiger partial charge in [0.05, 0.1) is 0 Å². The Hall–Kier alpha value is -0.530. The van der Waals surface area contributed by atoms with Crippen molar-refractivity contribution >= 4 is 5.91 Å². The molecule has 1 aliphatic rings. The van der Waals surface area contributed by atoms with Gasteiger partial charge in [0, 0.05) is 12.5 Å². The van der Waals surface area contributed by atoms with Crippen LogP contribution in [0, 0.1) is 11.3 Å². The van der Waals surface area contributed by atoms with Crippen molar-refractivity contribution in [2.45, 2.75) is 27.2 Å². The van der Waals surface area contributed by atoms with E-state index in [9.17, 15) is 4.79 Å². The zero-order chi connectivity index (χ0) is 7.78. The van der Waals surface area contributed by atoms with Crippen LogP contribution in [0.4, 0.5) is 0 Å². The van der Waals surface area contributed by atoms with Crippen molar-refractivity contribution in [2.24, 2.45) is 11.3 Å². The summed E-state index contributed by atoms with van der Waals surface area (Å²) in [6.07, 6.45) is 1.05. The summed E-state index contributed by atoms with van der Waals surface area (Å²) in [4.78, 5) is 11.1. The van der Waals surface area contributed by atoms with E-state index >= 15 is 0 Å². The molecule has 1 N–H and O–H groups in total. The van der Waals surface area contributed by atoms with Gasteiger partial charge in [-0.3, -0.25) is 4.79 Å². The van der Waals surface area contributed by atoms with Crippen molar-refractivity contribution in [1.29, 1.82) is 0 Å². The second kappa shape index (κ2) is 2.26. The van der Waals surface area contributed by atoms with Crippen LogP contribution < -0.4 is 5.32 Å². The number of carbonyl (C=O) groups excluding carboxylic acids is 1. The normalized spacial score (nSPS) is 27.7. The van der Waals surface area contributed by atoms with Gasteiger partial charge >= 0.3 is 0 Å². The van der Waals surface area contributed by atoms with Crippen LogP contribution >= 0.6 is 0 Å². The van der Waals surface area contributed by atoms with Crippen LogP contribution in [0.15, 0.2) is 0 Å². The minimum Gasteiger partial charge on any atom is -0.356 e. The molecule has 1 fully saturated rings. The van der Waals surface area contributed by atoms with Crippen molar-refractivity contribution in [1.82, 2.24) is 5.32 Å². The lowest BCUT2D eigenvalue weighted by Gasteiger charge is -2.02. The summed E-state index contributed by atoms with van der Waals surface area (Å²) in [5.74, 6) is 0.514. The summed E-state index contributed by atoms with van der Waals surface area (Å²) in [5, 5.41) is 2.82. The van der Waals surface area contributed by atoms with Crippen molar-refractivity contribution in [3.63, 3.8) is 0 Å². The highest BCUT2D eigenvalue weighted by Crippen LogP contribution is 2.51. The fourth-order valence-corrected chi connectivity index (χ4v) is 1.21. The van der Waals surface area contributed by atoms with Gasteiger partial charge in [0.1, 0.15) is 0 Å². The lowest BCUT2D eigenvalue weighted by molar-refractivity contribution is -0.122. The molecule has 0 saturated heterocycles. The van der Waals surface area contributed by atoms with E-state index < -0.39 is 0 Å². The first kappa shape index (κ1) is 7.58. The Morgan fingerprint density at radius 3 is 2.50 bits per heavy atom. The second-order valence-electron chi connectivity index (χ2n) is 3.64. The molecule has 0 unspecified atom stereocenters. The number of amides is 1. The molecule has 1 aliphatic carbocycles. The highest BCUT2D eigenvalue weighted by atomic mass is 16.2. The average Bonchev–Trinajstić information content (AvgIpc) is 2.41. The smallest absolute Gasteiger partial charge is 0.223 e. The lowest BCUT2D eigenvalue weighted by Crippen LogP contribution is -2.25. The number of nitrogens with one attached hydrogen (secondary N) is 1. The molecule has 1 saturated carbocycles. The van der Waals surface area contributed by atoms with Gasteiger partial charge < -0.3 is 5.32 Å². The molecule has 0 bridgehead atoms. The molecule has 10 heavy (non-hydrogen) atoms. The first-order valence-electron chi connectivity index (χ1n) is 3.85. The predicted molar refractivity (Wildman–Crippen MR) is 40.6 cm³/mol. The van der Waals surface area contributed by atoms with Crippen LogP contribution in [-0.2, 0) is 4.79 Å². The fraction of sp³-hybridized carbons (Fsp3) is 0.875. The van der Waals surface area contributed by atoms with Crippen molar-refractivity contribution in [3.8, 4) is 0 Å². The van der Waals surface area contributed by atoms with E-state index in [1.54, 1.807) is 0 Å². The molecule has 0 heterocycles. The first-order chi connectivity index (χ1) is 4.58. The van der Waals surface area contributed by atoms with Gasteiger partial charge in [-0.1, -0.05) is 13.8 Å². The van der Waals surface area contributed by atoms with E-state index in [4.69, 9.17) is 0 Å². The Morgan fingerprint density at radius 2 is 2.20 bits per heavy atom. The SMILES string of the molecule is CCNC(=O)[C@@H]1CC1(C)C. The number of hydrogen-bond acceptors (Lipinski definition) is 1. The molecule has 1 atom stereocenters. The lowest BCUT2D eigenvalue weighted by atomic mass is 10.1. The molecular formula is C8H15NO. The summed E-state index contributed by atoms with van der Waals surface area (Å²) in [6, 6.07) is 0. The highest BCUT2D eigenvalue weighted by molar-refractivity contribution is 5.82. The molecule has 2 nitrogen and oxygen atoms in total. The van der Waals surface area contributed by atoms with Crippen molar-refractivity contribution in [2.75, 3.05) is 6.54 Å². The first-order valence-corrected chi connectivity index (χ1v) is 3.85. The van der Waals surface area contributed by atoms with Crippen LogP contribution in [0.5, 0.6) is 0 Å². The summed E-state index contributed by atoms with van der Waals surface area (Å²) in [6.45, 7) is 6.97. The quantitative estimate of drug-likeness (QED) is 0.614. The predicted octanol–water partition coefficient (Wildman–Crippen LogP) is 1.17. The topological polar surface area (TPSA) is 29.1 Å². The van der Waals surface area contributed by atoms with Gasteiger partial charge in [0.25, 0.3) is 0 Å². The number of hydrogen-bond donors (Lipinski definition) is 1. The molecule has 0 aliphatic heterocycles. The maximum absolute atomic E-state index is 11.1. The molecule has 0 radical (unpaired) electrons. The molecular weight excluding hydrogens is 126 g/mol. The Labute approximate surface area is 62.0 Å². The maximum atomic E-state index is 11.1. The van der Waals surface area contributed by atoms with E-state index in [1.165, 1.54) is 0 Å². The van der Waals surface area contributed by atoms with Crippen LogP contribution in [0.1, 0.15) is 27.2 Å². The Balaban J connectivity index is 2.33. The number of carbonyl (C=O) groups is 1. The molecule has 0 spiro atoms. The van der Waals surface area contributed by atoms with E-state index in [0.29, 0.717) is 0 Å². The molecule has 0 aromatic heterocycles. The van der Waals surface area contributed by atoms with Crippen LogP contribution in [-0.4, -0.2) is 12.5 Å². The van der Waals surface area contributed by atoms with E-state index in [0.717, 1.165) is 13.0 Å². The van der Waals surface area contributed by atoms with E-state index in [-0.39, 0.29) is 17.2 Å². The van der Waals surface area contributed by atoms with Gasteiger partial charge in [-0.15, -0.1) is 0 Å². The molecule has 1 rings (SSSR count). The Kier molecular flexibility index (Phi) is 1.71. The third-order valence-corrected chi connectivity index (χ3v) is 2.18. The summed E-state index contributed by atoms with van der Waals surface area (Å²) >= 11 is 0. The van der Waals surface area contributed by atoms with Gasteiger partial charge in [0.15, 0.2) is 0 Å². The largest absolute Gasteiger partial charge is 0.356 e. The minimum absolute atomic E-state index is 0.229. The average molecular weight is 141 g/mol. The zero-order valence-electron chi connectivity index (χ0n) is 6.90. The third-order valence-electron chi connectivity index (χ3n) is 2.18. The summed E-state index contributed by atoms with van der Waals surface area (Å²) in [5.41, 5.74) is 0.277. The summed E-state index contributed by atoms with van der Waals surface area (Å²) < 4.78 is 0. The van der Waals surface area contributed by atoms with Gasteiger partial charge in [-0.05, 0) is 18.8 Å². The standard InChI is InChI=1S/C8H15NO/c1-4-9-7(10)6-5-8(6,2)3/h6H,4-5H2,1-3H3,(H,9,10)/t6-/m0/s1. The van der Waals surface area contributed by atoms with Crippen molar-refractivity contribution in [3.05, 3.63) is 0 Å². The maximum Gasteiger partial charge on any atom is 0.223 e. The van der Waals surface area contributed by atoms with Crippen LogP contribution in [0.25, 0.3) is 0 Å². The Morgan fingerprint density at radius 1 is 1.70 bits per heavy atom.